The van der Waals surface area contributed by atoms with E-state index in [1.807, 2.05) is 12.1 Å². The number of unbranched alkanes of at least 4 members (excludes halogenated alkanes) is 2. The highest BCUT2D eigenvalue weighted by atomic mass is 19.2. The molecule has 0 aliphatic heterocycles. The topological polar surface area (TPSA) is 0 Å². The molecule has 32 heavy (non-hydrogen) atoms. The molecule has 2 saturated carbocycles. The van der Waals surface area contributed by atoms with Gasteiger partial charge in [-0.05, 0) is 66.4 Å². The van der Waals surface area contributed by atoms with E-state index in [2.05, 4.69) is 6.92 Å². The van der Waals surface area contributed by atoms with Crippen LogP contribution in [0, 0.1) is 35.2 Å². The Balaban J connectivity index is 1.22. The largest absolute Gasteiger partial charge is 0.204 e. The van der Waals surface area contributed by atoms with Gasteiger partial charge in [0, 0.05) is 5.39 Å². The van der Waals surface area contributed by atoms with Crippen molar-refractivity contribution in [2.75, 3.05) is 0 Å². The summed E-state index contributed by atoms with van der Waals surface area (Å²) in [5, 5.41) is 0.632. The lowest BCUT2D eigenvalue weighted by Gasteiger charge is -2.32. The van der Waals surface area contributed by atoms with Crippen molar-refractivity contribution in [3.63, 3.8) is 0 Å². The van der Waals surface area contributed by atoms with Crippen LogP contribution in [-0.2, 0) is 0 Å². The number of rotatable bonds is 8. The van der Waals surface area contributed by atoms with Crippen molar-refractivity contribution in [1.82, 2.24) is 0 Å². The van der Waals surface area contributed by atoms with E-state index >= 15 is 0 Å². The molecule has 0 spiro atoms. The first-order valence-electron chi connectivity index (χ1n) is 13.1. The van der Waals surface area contributed by atoms with Crippen molar-refractivity contribution in [3.05, 3.63) is 47.3 Å². The van der Waals surface area contributed by atoms with Gasteiger partial charge in [0.05, 0.1) is 0 Å². The van der Waals surface area contributed by atoms with Crippen LogP contribution in [0.4, 0.5) is 13.2 Å². The SMILES string of the molecule is CCCCC[C@H]1CC[C@H](CC[C@H]2CC[C@H](c3ccc4c(F)c(F)c(F)cc4c3)CC2)CC1. The Bertz CT molecular complexity index is 874. The predicted octanol–water partition coefficient (Wildman–Crippen LogP) is 9.70. The lowest BCUT2D eigenvalue weighted by Crippen LogP contribution is -2.18. The van der Waals surface area contributed by atoms with Gasteiger partial charge >= 0.3 is 0 Å². The zero-order valence-electron chi connectivity index (χ0n) is 19.7. The zero-order valence-corrected chi connectivity index (χ0v) is 19.7. The zero-order chi connectivity index (χ0) is 22.5. The molecule has 0 atom stereocenters. The van der Waals surface area contributed by atoms with Gasteiger partial charge < -0.3 is 0 Å². The number of halogens is 3. The van der Waals surface area contributed by atoms with E-state index in [4.69, 9.17) is 0 Å². The number of hydrogen-bond donors (Lipinski definition) is 0. The Hall–Kier alpha value is -1.51. The average molecular weight is 445 g/mol. The molecular weight excluding hydrogens is 405 g/mol. The van der Waals surface area contributed by atoms with E-state index in [9.17, 15) is 13.2 Å². The van der Waals surface area contributed by atoms with E-state index in [-0.39, 0.29) is 5.39 Å². The van der Waals surface area contributed by atoms with Crippen molar-refractivity contribution < 1.29 is 13.2 Å². The van der Waals surface area contributed by atoms with E-state index < -0.39 is 17.5 Å². The molecule has 2 aliphatic carbocycles. The first-order valence-corrected chi connectivity index (χ1v) is 13.1. The molecule has 0 unspecified atom stereocenters. The fourth-order valence-corrected chi connectivity index (χ4v) is 6.33. The lowest BCUT2D eigenvalue weighted by atomic mass is 9.74. The van der Waals surface area contributed by atoms with E-state index in [0.29, 0.717) is 11.3 Å². The highest BCUT2D eigenvalue weighted by molar-refractivity contribution is 5.84. The number of fused-ring (bicyclic) bond motifs is 1. The second-order valence-corrected chi connectivity index (χ2v) is 10.6. The summed E-state index contributed by atoms with van der Waals surface area (Å²) in [5.74, 6) is -0.343. The quantitative estimate of drug-likeness (QED) is 0.281. The third-order valence-corrected chi connectivity index (χ3v) is 8.48. The van der Waals surface area contributed by atoms with Crippen LogP contribution >= 0.6 is 0 Å². The summed E-state index contributed by atoms with van der Waals surface area (Å²) in [6, 6.07) is 6.52. The van der Waals surface area contributed by atoms with Gasteiger partial charge in [0.1, 0.15) is 0 Å². The van der Waals surface area contributed by atoms with Crippen LogP contribution in [-0.4, -0.2) is 0 Å². The van der Waals surface area contributed by atoms with Gasteiger partial charge in [0.2, 0.25) is 0 Å². The highest BCUT2D eigenvalue weighted by Crippen LogP contribution is 2.41. The maximum Gasteiger partial charge on any atom is 0.195 e. The molecule has 0 amide bonds. The van der Waals surface area contributed by atoms with E-state index in [1.54, 1.807) is 6.07 Å². The van der Waals surface area contributed by atoms with Crippen LogP contribution in [0.2, 0.25) is 0 Å². The van der Waals surface area contributed by atoms with Gasteiger partial charge in [-0.1, -0.05) is 89.3 Å². The summed E-state index contributed by atoms with van der Waals surface area (Å²) in [6.45, 7) is 2.29. The second-order valence-electron chi connectivity index (χ2n) is 10.6. The lowest BCUT2D eigenvalue weighted by molar-refractivity contribution is 0.222. The summed E-state index contributed by atoms with van der Waals surface area (Å²) in [6.07, 6.45) is 18.9. The third-order valence-electron chi connectivity index (χ3n) is 8.48. The van der Waals surface area contributed by atoms with Crippen LogP contribution in [0.3, 0.4) is 0 Å². The number of benzene rings is 2. The van der Waals surface area contributed by atoms with Crippen molar-refractivity contribution in [3.8, 4) is 0 Å². The van der Waals surface area contributed by atoms with Crippen molar-refractivity contribution in [2.45, 2.75) is 103 Å². The van der Waals surface area contributed by atoms with Crippen LogP contribution in [0.15, 0.2) is 24.3 Å². The molecule has 0 bridgehead atoms. The predicted molar refractivity (Wildman–Crippen MR) is 127 cm³/mol. The van der Waals surface area contributed by atoms with E-state index in [1.165, 1.54) is 77.0 Å². The summed E-state index contributed by atoms with van der Waals surface area (Å²) in [4.78, 5) is 0. The van der Waals surface area contributed by atoms with Crippen LogP contribution in [0.1, 0.15) is 108 Å². The Morgan fingerprint density at radius 3 is 1.91 bits per heavy atom. The Labute approximate surface area is 192 Å². The van der Waals surface area contributed by atoms with Gasteiger partial charge in [-0.3, -0.25) is 0 Å². The highest BCUT2D eigenvalue weighted by Gasteiger charge is 2.26. The van der Waals surface area contributed by atoms with Gasteiger partial charge in [-0.25, -0.2) is 13.2 Å². The smallest absolute Gasteiger partial charge is 0.195 e. The van der Waals surface area contributed by atoms with Crippen molar-refractivity contribution in [1.29, 1.82) is 0 Å². The molecule has 0 saturated heterocycles. The standard InChI is InChI=1S/C29H39F3/c1-2-3-4-5-20-6-8-21(9-7-20)10-11-22-12-14-23(15-13-22)24-16-17-26-25(18-24)19-27(30)29(32)28(26)31/h16-23H,2-15H2,1H3/t20-,21-,22-,23-. The molecular formula is C29H39F3. The molecule has 2 fully saturated rings. The molecule has 3 heteroatoms. The molecule has 4 rings (SSSR count). The molecule has 0 heterocycles. The molecule has 0 N–H and O–H groups in total. The maximum absolute atomic E-state index is 14.0. The summed E-state index contributed by atoms with van der Waals surface area (Å²) in [5.41, 5.74) is 1.14. The van der Waals surface area contributed by atoms with E-state index in [0.717, 1.165) is 42.2 Å². The molecule has 2 aromatic carbocycles. The molecule has 0 aromatic heterocycles. The minimum atomic E-state index is -1.38. The monoisotopic (exact) mass is 444 g/mol. The van der Waals surface area contributed by atoms with Crippen molar-refractivity contribution >= 4 is 10.8 Å². The van der Waals surface area contributed by atoms with Gasteiger partial charge in [-0.15, -0.1) is 0 Å². The third kappa shape index (κ3) is 5.69. The molecule has 176 valence electrons. The Kier molecular flexibility index (Phi) is 8.18. The molecule has 2 aromatic rings. The summed E-state index contributed by atoms with van der Waals surface area (Å²) in [7, 11) is 0. The van der Waals surface area contributed by atoms with Crippen molar-refractivity contribution in [2.24, 2.45) is 17.8 Å². The normalized spacial score (nSPS) is 26.5. The average Bonchev–Trinajstić information content (AvgIpc) is 2.82. The van der Waals surface area contributed by atoms with Crippen LogP contribution in [0.25, 0.3) is 10.8 Å². The Morgan fingerprint density at radius 2 is 1.28 bits per heavy atom. The summed E-state index contributed by atoms with van der Waals surface area (Å²) >= 11 is 0. The Morgan fingerprint density at radius 1 is 0.688 bits per heavy atom. The molecule has 0 nitrogen and oxygen atoms in total. The summed E-state index contributed by atoms with van der Waals surface area (Å²) < 4.78 is 41.1. The first-order chi connectivity index (χ1) is 15.5. The van der Waals surface area contributed by atoms with Crippen LogP contribution < -0.4 is 0 Å². The second kappa shape index (κ2) is 11.1. The van der Waals surface area contributed by atoms with Gasteiger partial charge in [0.25, 0.3) is 0 Å². The molecule has 2 aliphatic rings. The van der Waals surface area contributed by atoms with Crippen LogP contribution in [0.5, 0.6) is 0 Å². The molecule has 0 radical (unpaired) electrons. The number of hydrogen-bond acceptors (Lipinski definition) is 0. The minimum absolute atomic E-state index is 0.168. The fraction of sp³-hybridized carbons (Fsp3) is 0.655. The fourth-order valence-electron chi connectivity index (χ4n) is 6.33. The minimum Gasteiger partial charge on any atom is -0.204 e. The van der Waals surface area contributed by atoms with Gasteiger partial charge in [-0.2, -0.15) is 0 Å². The maximum atomic E-state index is 14.0. The van der Waals surface area contributed by atoms with Gasteiger partial charge in [0.15, 0.2) is 17.5 Å². The first kappa shape index (κ1) is 23.6.